The van der Waals surface area contributed by atoms with Gasteiger partial charge in [-0.15, -0.1) is 0 Å². The Morgan fingerprint density at radius 2 is 1.40 bits per heavy atom. The summed E-state index contributed by atoms with van der Waals surface area (Å²) in [6.07, 6.45) is 27.2. The molecule has 0 radical (unpaired) electrons. The van der Waals surface area contributed by atoms with Crippen LogP contribution in [0.25, 0.3) is 0 Å². The Bertz CT molecular complexity index is 1010. The summed E-state index contributed by atoms with van der Waals surface area (Å²) >= 11 is 0. The number of ether oxygens (including phenoxy) is 2. The first-order chi connectivity index (χ1) is 24.0. The fraction of sp³-hybridized carbons (Fsp3) is 0.737. The predicted molar refractivity (Wildman–Crippen MR) is 197 cm³/mol. The maximum atomic E-state index is 12.5. The highest BCUT2D eigenvalue weighted by Gasteiger charge is 2.27. The van der Waals surface area contributed by atoms with Gasteiger partial charge in [0.2, 0.25) is 0 Å². The van der Waals surface area contributed by atoms with Crippen LogP contribution in [0, 0.1) is 5.92 Å². The number of allylic oxidation sites excluding steroid dienone is 6. The Hall–Kier alpha value is -2.11. The number of carbonyl (C=O) groups is 2. The molecular weight excluding hydrogens is 663 g/mol. The highest BCUT2D eigenvalue weighted by atomic mass is 31.2. The molecule has 0 aliphatic heterocycles. The van der Waals surface area contributed by atoms with Gasteiger partial charge in [0.05, 0.1) is 25.9 Å². The topological polar surface area (TPSA) is 169 Å². The maximum absolute atomic E-state index is 12.5. The largest absolute Gasteiger partial charge is 0.472 e. The number of carbonyl (C=O) groups excluding carboxylic acids is 2. The molecule has 1 unspecified atom stereocenters. The van der Waals surface area contributed by atoms with E-state index in [4.69, 9.17) is 19.1 Å². The number of hydrogen-bond donors (Lipinski definition) is 4. The first-order valence-electron chi connectivity index (χ1n) is 18.6. The Morgan fingerprint density at radius 3 is 2.12 bits per heavy atom. The maximum Gasteiger partial charge on any atom is 0.472 e. The molecular formula is C38H67O11P. The number of rotatable bonds is 33. The van der Waals surface area contributed by atoms with Gasteiger partial charge in [0.15, 0.2) is 6.10 Å². The number of aliphatic hydroxyl groups is 3. The molecule has 0 aliphatic carbocycles. The van der Waals surface area contributed by atoms with Gasteiger partial charge in [-0.05, 0) is 50.9 Å². The summed E-state index contributed by atoms with van der Waals surface area (Å²) in [7, 11) is -4.64. The fourth-order valence-corrected chi connectivity index (χ4v) is 5.33. The minimum atomic E-state index is -4.64. The van der Waals surface area contributed by atoms with Crippen LogP contribution in [-0.2, 0) is 32.7 Å². The Kier molecular flexibility index (Phi) is 31.4. The van der Waals surface area contributed by atoms with E-state index in [0.717, 1.165) is 25.7 Å². The van der Waals surface area contributed by atoms with Crippen LogP contribution < -0.4 is 0 Å². The van der Waals surface area contributed by atoms with Gasteiger partial charge in [-0.25, -0.2) is 4.57 Å². The van der Waals surface area contributed by atoms with Crippen LogP contribution in [0.15, 0.2) is 48.6 Å². The van der Waals surface area contributed by atoms with E-state index in [9.17, 15) is 29.3 Å². The zero-order valence-corrected chi connectivity index (χ0v) is 31.8. The molecule has 0 spiro atoms. The van der Waals surface area contributed by atoms with E-state index >= 15 is 0 Å². The molecule has 0 aromatic heterocycles. The summed E-state index contributed by atoms with van der Waals surface area (Å²) in [6, 6.07) is 0. The molecule has 50 heavy (non-hydrogen) atoms. The van der Waals surface area contributed by atoms with Crippen molar-refractivity contribution in [2.75, 3.05) is 26.4 Å². The van der Waals surface area contributed by atoms with Gasteiger partial charge in [0, 0.05) is 12.8 Å². The third kappa shape index (κ3) is 33.1. The summed E-state index contributed by atoms with van der Waals surface area (Å²) in [6.45, 7) is 4.37. The van der Waals surface area contributed by atoms with Crippen LogP contribution in [0.1, 0.15) is 130 Å². The SMILES string of the molecule is CCCCC/C=C\C=C/[C@H](O)C/C=C\C/C=C/CCCC(=O)O[C@H](COC(=O)CCCCCCCCC(C)C)COP(=O)(O)OC[C@@H](O)CO. The van der Waals surface area contributed by atoms with Crippen molar-refractivity contribution in [2.24, 2.45) is 5.92 Å². The summed E-state index contributed by atoms with van der Waals surface area (Å²) < 4.78 is 32.4. The predicted octanol–water partition coefficient (Wildman–Crippen LogP) is 7.82. The molecule has 0 aromatic carbocycles. The number of unbranched alkanes of at least 4 members (excludes halogenated alkanes) is 9. The second-order valence-electron chi connectivity index (χ2n) is 12.9. The Labute approximate surface area is 301 Å². The lowest BCUT2D eigenvalue weighted by molar-refractivity contribution is -0.161. The molecule has 290 valence electrons. The summed E-state index contributed by atoms with van der Waals surface area (Å²) in [4.78, 5) is 34.7. The van der Waals surface area contributed by atoms with Crippen molar-refractivity contribution in [3.05, 3.63) is 48.6 Å². The lowest BCUT2D eigenvalue weighted by Gasteiger charge is -2.20. The molecule has 4 atom stereocenters. The summed E-state index contributed by atoms with van der Waals surface area (Å²) in [5.74, 6) is -0.332. The van der Waals surface area contributed by atoms with E-state index in [2.05, 4.69) is 31.4 Å². The van der Waals surface area contributed by atoms with Crippen molar-refractivity contribution >= 4 is 19.8 Å². The lowest BCUT2D eigenvalue weighted by Crippen LogP contribution is -2.29. The monoisotopic (exact) mass is 730 g/mol. The molecule has 12 heteroatoms. The number of esters is 2. The van der Waals surface area contributed by atoms with Crippen molar-refractivity contribution in [3.8, 4) is 0 Å². The van der Waals surface area contributed by atoms with E-state index < -0.39 is 57.9 Å². The van der Waals surface area contributed by atoms with Crippen LogP contribution in [-0.4, -0.2) is 76.9 Å². The zero-order chi connectivity index (χ0) is 37.3. The molecule has 0 saturated carbocycles. The van der Waals surface area contributed by atoms with Gasteiger partial charge >= 0.3 is 19.8 Å². The smallest absolute Gasteiger partial charge is 0.462 e. The molecule has 4 N–H and O–H groups in total. The molecule has 0 saturated heterocycles. The van der Waals surface area contributed by atoms with Crippen LogP contribution >= 0.6 is 7.82 Å². The molecule has 0 aromatic rings. The quantitative estimate of drug-likeness (QED) is 0.0171. The summed E-state index contributed by atoms with van der Waals surface area (Å²) in [5, 5.41) is 28.3. The van der Waals surface area contributed by atoms with Gasteiger partial charge in [-0.2, -0.15) is 0 Å². The molecule has 0 heterocycles. The minimum absolute atomic E-state index is 0.0728. The molecule has 0 rings (SSSR count). The average Bonchev–Trinajstić information content (AvgIpc) is 3.08. The molecule has 0 aliphatic rings. The van der Waals surface area contributed by atoms with Crippen LogP contribution in [0.5, 0.6) is 0 Å². The van der Waals surface area contributed by atoms with Gasteiger partial charge < -0.3 is 29.7 Å². The van der Waals surface area contributed by atoms with E-state index in [1.165, 1.54) is 38.5 Å². The average molecular weight is 731 g/mol. The molecule has 0 bridgehead atoms. The van der Waals surface area contributed by atoms with Crippen LogP contribution in [0.3, 0.4) is 0 Å². The lowest BCUT2D eigenvalue weighted by atomic mass is 10.0. The van der Waals surface area contributed by atoms with Gasteiger partial charge in [0.25, 0.3) is 0 Å². The zero-order valence-electron chi connectivity index (χ0n) is 30.9. The number of phosphoric ester groups is 1. The number of phosphoric acid groups is 1. The van der Waals surface area contributed by atoms with Crippen molar-refractivity contribution < 1.29 is 52.9 Å². The second-order valence-corrected chi connectivity index (χ2v) is 14.4. The van der Waals surface area contributed by atoms with Crippen molar-refractivity contribution in [2.45, 2.75) is 148 Å². The molecule has 11 nitrogen and oxygen atoms in total. The Morgan fingerprint density at radius 1 is 0.740 bits per heavy atom. The molecule has 0 fully saturated rings. The van der Waals surface area contributed by atoms with Crippen molar-refractivity contribution in [1.82, 2.24) is 0 Å². The highest BCUT2D eigenvalue weighted by Crippen LogP contribution is 2.43. The van der Waals surface area contributed by atoms with Crippen LogP contribution in [0.2, 0.25) is 0 Å². The third-order valence-electron chi connectivity index (χ3n) is 7.49. The first kappa shape index (κ1) is 47.9. The number of aliphatic hydroxyl groups excluding tert-OH is 3. The van der Waals surface area contributed by atoms with Gasteiger partial charge in [0.1, 0.15) is 12.7 Å². The van der Waals surface area contributed by atoms with E-state index in [1.807, 2.05) is 36.5 Å². The van der Waals surface area contributed by atoms with Crippen molar-refractivity contribution in [1.29, 1.82) is 0 Å². The van der Waals surface area contributed by atoms with E-state index in [1.54, 1.807) is 6.08 Å². The van der Waals surface area contributed by atoms with Gasteiger partial charge in [-0.1, -0.05) is 121 Å². The number of hydrogen-bond acceptors (Lipinski definition) is 10. The minimum Gasteiger partial charge on any atom is -0.462 e. The van der Waals surface area contributed by atoms with Gasteiger partial charge in [-0.3, -0.25) is 18.6 Å². The Balaban J connectivity index is 4.56. The standard InChI is InChI=1S/C38H67O11P/c1-4-5-6-7-9-15-20-25-34(40)26-21-16-10-8-11-18-23-28-38(43)49-36(32-48-50(44,45)47-30-35(41)29-39)31-46-37(42)27-22-17-13-12-14-19-24-33(2)3/h8-9,11,15-16,20-21,25,33-36,39-41H,4-7,10,12-14,17-19,22-24,26-32H2,1-3H3,(H,44,45)/b11-8+,15-9-,21-16-,25-20-/t34-,35-,36+/m0/s1. The highest BCUT2D eigenvalue weighted by molar-refractivity contribution is 7.47. The van der Waals surface area contributed by atoms with E-state index in [0.29, 0.717) is 38.0 Å². The van der Waals surface area contributed by atoms with Crippen LogP contribution in [0.4, 0.5) is 0 Å². The normalized spacial score (nSPS) is 15.4. The van der Waals surface area contributed by atoms with Crippen molar-refractivity contribution in [3.63, 3.8) is 0 Å². The first-order valence-corrected chi connectivity index (χ1v) is 20.1. The fourth-order valence-electron chi connectivity index (χ4n) is 4.54. The molecule has 0 amide bonds. The summed E-state index contributed by atoms with van der Waals surface area (Å²) in [5.41, 5.74) is 0. The van der Waals surface area contributed by atoms with E-state index in [-0.39, 0.29) is 19.4 Å². The third-order valence-corrected chi connectivity index (χ3v) is 8.45. The second kappa shape index (κ2) is 32.8.